The fourth-order valence-electron chi connectivity index (χ4n) is 3.47. The predicted octanol–water partition coefficient (Wildman–Crippen LogP) is 2.10. The summed E-state index contributed by atoms with van der Waals surface area (Å²) in [6.07, 6.45) is -3.11. The molecule has 12 heteroatoms. The number of piperazine rings is 1. The summed E-state index contributed by atoms with van der Waals surface area (Å²) in [4.78, 5) is 10.4. The van der Waals surface area contributed by atoms with Gasteiger partial charge < -0.3 is 4.90 Å². The molecule has 0 unspecified atom stereocenters. The maximum absolute atomic E-state index is 12.9. The number of alkyl halides is 3. The lowest BCUT2D eigenvalue weighted by Gasteiger charge is -2.35. The molecule has 2 aromatic heterocycles. The Bertz CT molecular complexity index is 1170. The van der Waals surface area contributed by atoms with E-state index in [0.29, 0.717) is 18.9 Å². The van der Waals surface area contributed by atoms with Crippen LogP contribution in [0.15, 0.2) is 36.7 Å². The van der Waals surface area contributed by atoms with Crippen LogP contribution in [0.4, 0.5) is 19.0 Å². The van der Waals surface area contributed by atoms with Crippen LogP contribution in [0.3, 0.4) is 0 Å². The van der Waals surface area contributed by atoms with Crippen LogP contribution in [-0.2, 0) is 22.0 Å². The summed E-state index contributed by atoms with van der Waals surface area (Å²) in [6, 6.07) is 6.28. The number of hydrogen-bond donors (Lipinski definition) is 0. The zero-order valence-electron chi connectivity index (χ0n) is 16.0. The SMILES string of the molecule is Cc1cc(N2CCN(S(=O)(=O)Cc3cccc(C(F)(F)F)c3)CC2)n2ncnc2n1. The van der Waals surface area contributed by atoms with Gasteiger partial charge in [0.25, 0.3) is 5.78 Å². The lowest BCUT2D eigenvalue weighted by Crippen LogP contribution is -2.49. The summed E-state index contributed by atoms with van der Waals surface area (Å²) in [6.45, 7) is 3.12. The molecule has 0 atom stereocenters. The van der Waals surface area contributed by atoms with Crippen LogP contribution in [0.2, 0.25) is 0 Å². The van der Waals surface area contributed by atoms with Crippen LogP contribution >= 0.6 is 0 Å². The molecule has 3 aromatic rings. The summed E-state index contributed by atoms with van der Waals surface area (Å²) < 4.78 is 67.1. The third-order valence-corrected chi connectivity index (χ3v) is 6.77. The van der Waals surface area contributed by atoms with Gasteiger partial charge in [-0.3, -0.25) is 0 Å². The number of rotatable bonds is 4. The Hall–Kier alpha value is -2.73. The first kappa shape index (κ1) is 20.5. The lowest BCUT2D eigenvalue weighted by molar-refractivity contribution is -0.137. The molecule has 1 aliphatic rings. The fourth-order valence-corrected chi connectivity index (χ4v) is 4.97. The first-order chi connectivity index (χ1) is 14.1. The van der Waals surface area contributed by atoms with Crippen LogP contribution in [0.25, 0.3) is 5.78 Å². The zero-order valence-corrected chi connectivity index (χ0v) is 16.9. The highest BCUT2D eigenvalue weighted by atomic mass is 32.2. The fraction of sp³-hybridized carbons (Fsp3) is 0.389. The summed E-state index contributed by atoms with van der Waals surface area (Å²) in [5, 5.41) is 4.16. The zero-order chi connectivity index (χ0) is 21.5. The number of benzene rings is 1. The van der Waals surface area contributed by atoms with Crippen molar-refractivity contribution in [2.45, 2.75) is 18.9 Å². The third-order valence-electron chi connectivity index (χ3n) is 4.92. The topological polar surface area (TPSA) is 83.7 Å². The van der Waals surface area contributed by atoms with E-state index < -0.39 is 27.5 Å². The molecule has 4 rings (SSSR count). The first-order valence-electron chi connectivity index (χ1n) is 9.20. The van der Waals surface area contributed by atoms with Gasteiger partial charge in [-0.1, -0.05) is 18.2 Å². The van der Waals surface area contributed by atoms with E-state index in [2.05, 4.69) is 15.1 Å². The van der Waals surface area contributed by atoms with E-state index in [0.717, 1.165) is 23.6 Å². The molecule has 0 bridgehead atoms. The maximum Gasteiger partial charge on any atom is 0.416 e. The molecular weight excluding hydrogens is 421 g/mol. The van der Waals surface area contributed by atoms with Gasteiger partial charge in [-0.15, -0.1) is 0 Å². The van der Waals surface area contributed by atoms with Crippen LogP contribution in [0.5, 0.6) is 0 Å². The molecular formula is C18H19F3N6O2S. The highest BCUT2D eigenvalue weighted by molar-refractivity contribution is 7.88. The summed E-state index contributed by atoms with van der Waals surface area (Å²) >= 11 is 0. The van der Waals surface area contributed by atoms with Gasteiger partial charge >= 0.3 is 6.18 Å². The number of aromatic nitrogens is 4. The van der Waals surface area contributed by atoms with Crippen molar-refractivity contribution in [3.05, 3.63) is 53.5 Å². The average Bonchev–Trinajstić information content (AvgIpc) is 3.15. The summed E-state index contributed by atoms with van der Waals surface area (Å²) in [7, 11) is -3.75. The Labute approximate surface area is 171 Å². The second-order valence-corrected chi connectivity index (χ2v) is 9.04. The Morgan fingerprint density at radius 2 is 1.83 bits per heavy atom. The van der Waals surface area contributed by atoms with Gasteiger partial charge in [0, 0.05) is 37.9 Å². The second kappa shape index (κ2) is 7.51. The van der Waals surface area contributed by atoms with E-state index in [1.54, 1.807) is 4.52 Å². The molecule has 0 radical (unpaired) electrons. The van der Waals surface area contributed by atoms with Gasteiger partial charge in [0.2, 0.25) is 10.0 Å². The minimum atomic E-state index is -4.51. The van der Waals surface area contributed by atoms with Crippen molar-refractivity contribution in [3.8, 4) is 0 Å². The molecule has 1 aliphatic heterocycles. The maximum atomic E-state index is 12.9. The quantitative estimate of drug-likeness (QED) is 0.618. The first-order valence-corrected chi connectivity index (χ1v) is 10.8. The van der Waals surface area contributed by atoms with Gasteiger partial charge in [0.05, 0.1) is 11.3 Å². The van der Waals surface area contributed by atoms with Crippen molar-refractivity contribution in [1.82, 2.24) is 23.9 Å². The van der Waals surface area contributed by atoms with E-state index in [4.69, 9.17) is 0 Å². The second-order valence-electron chi connectivity index (χ2n) is 7.07. The van der Waals surface area contributed by atoms with Crippen LogP contribution in [-0.4, -0.2) is 58.5 Å². The minimum absolute atomic E-state index is 0.112. The molecule has 160 valence electrons. The molecule has 0 N–H and O–H groups in total. The van der Waals surface area contributed by atoms with E-state index in [-0.39, 0.29) is 18.7 Å². The minimum Gasteiger partial charge on any atom is -0.354 e. The molecule has 0 aliphatic carbocycles. The van der Waals surface area contributed by atoms with Gasteiger partial charge in [0.15, 0.2) is 0 Å². The van der Waals surface area contributed by atoms with E-state index in [1.165, 1.54) is 22.8 Å². The summed E-state index contributed by atoms with van der Waals surface area (Å²) in [5.41, 5.74) is 0.0244. The van der Waals surface area contributed by atoms with Crippen molar-refractivity contribution < 1.29 is 21.6 Å². The number of anilines is 1. The highest BCUT2D eigenvalue weighted by Gasteiger charge is 2.32. The van der Waals surface area contributed by atoms with Gasteiger partial charge in [-0.25, -0.2) is 13.4 Å². The lowest BCUT2D eigenvalue weighted by atomic mass is 10.1. The number of fused-ring (bicyclic) bond motifs is 1. The Balaban J connectivity index is 1.47. The molecule has 0 saturated carbocycles. The molecule has 1 fully saturated rings. The number of aryl methyl sites for hydroxylation is 1. The molecule has 0 amide bonds. The molecule has 0 spiro atoms. The number of nitrogens with zero attached hydrogens (tertiary/aromatic N) is 6. The van der Waals surface area contributed by atoms with Crippen molar-refractivity contribution in [2.75, 3.05) is 31.1 Å². The summed E-state index contributed by atoms with van der Waals surface area (Å²) in [5.74, 6) is 0.757. The van der Waals surface area contributed by atoms with E-state index in [9.17, 15) is 21.6 Å². The smallest absolute Gasteiger partial charge is 0.354 e. The van der Waals surface area contributed by atoms with Crippen LogP contribution < -0.4 is 4.90 Å². The number of hydrogen-bond acceptors (Lipinski definition) is 6. The van der Waals surface area contributed by atoms with Crippen LogP contribution in [0, 0.1) is 6.92 Å². The Morgan fingerprint density at radius 3 is 2.53 bits per heavy atom. The van der Waals surface area contributed by atoms with Gasteiger partial charge in [-0.2, -0.15) is 32.1 Å². The van der Waals surface area contributed by atoms with Crippen LogP contribution in [0.1, 0.15) is 16.8 Å². The van der Waals surface area contributed by atoms with Gasteiger partial charge in [-0.05, 0) is 18.6 Å². The largest absolute Gasteiger partial charge is 0.416 e. The van der Waals surface area contributed by atoms with Crippen molar-refractivity contribution in [1.29, 1.82) is 0 Å². The Morgan fingerprint density at radius 1 is 1.10 bits per heavy atom. The van der Waals surface area contributed by atoms with E-state index in [1.807, 2.05) is 17.9 Å². The van der Waals surface area contributed by atoms with E-state index >= 15 is 0 Å². The normalized spacial score (nSPS) is 16.3. The molecule has 8 nitrogen and oxygen atoms in total. The third kappa shape index (κ3) is 4.10. The molecule has 1 saturated heterocycles. The number of halogens is 3. The monoisotopic (exact) mass is 440 g/mol. The average molecular weight is 440 g/mol. The molecule has 1 aromatic carbocycles. The standard InChI is InChI=1S/C18H19F3N6O2S/c1-13-9-16(27-17(24-13)22-12-23-27)25-5-7-26(8-6-25)30(28,29)11-14-3-2-4-15(10-14)18(19,20)21/h2-4,9-10,12H,5-8,11H2,1H3. The van der Waals surface area contributed by atoms with Crippen molar-refractivity contribution in [3.63, 3.8) is 0 Å². The predicted molar refractivity (Wildman–Crippen MR) is 103 cm³/mol. The highest BCUT2D eigenvalue weighted by Crippen LogP contribution is 2.30. The molecule has 3 heterocycles. The van der Waals surface area contributed by atoms with Crippen molar-refractivity contribution in [2.24, 2.45) is 0 Å². The Kier molecular flexibility index (Phi) is 5.14. The molecule has 30 heavy (non-hydrogen) atoms. The van der Waals surface area contributed by atoms with Gasteiger partial charge in [0.1, 0.15) is 12.1 Å². The number of sulfonamides is 1. The van der Waals surface area contributed by atoms with Crippen molar-refractivity contribution >= 4 is 21.6 Å².